The van der Waals surface area contributed by atoms with Gasteiger partial charge in [-0.05, 0) is 64.7 Å². The Morgan fingerprint density at radius 1 is 1.28 bits per heavy atom. The molecule has 2 rings (SSSR count). The molecule has 0 radical (unpaired) electrons. The van der Waals surface area contributed by atoms with Crippen molar-refractivity contribution in [3.05, 3.63) is 0 Å². The first-order chi connectivity index (χ1) is 8.75. The first-order valence-corrected chi connectivity index (χ1v) is 7.45. The predicted octanol–water partition coefficient (Wildman–Crippen LogP) is 0.977. The molecule has 0 bridgehead atoms. The monoisotopic (exact) mass is 253 g/mol. The maximum absolute atomic E-state index is 11.9. The standard InChI is InChI=1S/C14H27N3O/c1-17-10-6-12(7-11-17)5-9-16-14(18)13-4-2-3-8-15-13/h12-13,15H,2-11H2,1H3,(H,16,18). The van der Waals surface area contributed by atoms with E-state index in [1.165, 1.54) is 38.8 Å². The lowest BCUT2D eigenvalue weighted by Gasteiger charge is -2.29. The molecule has 18 heavy (non-hydrogen) atoms. The van der Waals surface area contributed by atoms with Crippen LogP contribution in [0.2, 0.25) is 0 Å². The first kappa shape index (κ1) is 13.8. The van der Waals surface area contributed by atoms with Crippen LogP contribution in [0.1, 0.15) is 38.5 Å². The lowest BCUT2D eigenvalue weighted by molar-refractivity contribution is -0.123. The van der Waals surface area contributed by atoms with E-state index >= 15 is 0 Å². The fourth-order valence-corrected chi connectivity index (χ4v) is 2.95. The Morgan fingerprint density at radius 3 is 2.72 bits per heavy atom. The van der Waals surface area contributed by atoms with Crippen LogP contribution >= 0.6 is 0 Å². The fraction of sp³-hybridized carbons (Fsp3) is 0.929. The van der Waals surface area contributed by atoms with Crippen molar-refractivity contribution in [2.75, 3.05) is 33.2 Å². The minimum Gasteiger partial charge on any atom is -0.355 e. The number of likely N-dealkylation sites (tertiary alicyclic amines) is 1. The number of rotatable bonds is 4. The molecule has 0 aliphatic carbocycles. The number of piperidine rings is 2. The summed E-state index contributed by atoms with van der Waals surface area (Å²) in [7, 11) is 2.19. The van der Waals surface area contributed by atoms with Gasteiger partial charge >= 0.3 is 0 Å². The van der Waals surface area contributed by atoms with Gasteiger partial charge in [0.1, 0.15) is 0 Å². The van der Waals surface area contributed by atoms with Crippen LogP contribution in [-0.2, 0) is 4.79 Å². The molecule has 1 amide bonds. The Labute approximate surface area is 110 Å². The molecule has 0 saturated carbocycles. The molecule has 2 N–H and O–H groups in total. The van der Waals surface area contributed by atoms with Gasteiger partial charge < -0.3 is 15.5 Å². The van der Waals surface area contributed by atoms with E-state index in [9.17, 15) is 4.79 Å². The average molecular weight is 253 g/mol. The van der Waals surface area contributed by atoms with Crippen molar-refractivity contribution >= 4 is 5.91 Å². The molecule has 1 unspecified atom stereocenters. The Hall–Kier alpha value is -0.610. The Morgan fingerprint density at radius 2 is 2.06 bits per heavy atom. The van der Waals surface area contributed by atoms with Gasteiger partial charge in [-0.1, -0.05) is 6.42 Å². The second-order valence-corrected chi connectivity index (χ2v) is 5.83. The SMILES string of the molecule is CN1CCC(CCNC(=O)C2CCCCN2)CC1. The second kappa shape index (κ2) is 7.10. The van der Waals surface area contributed by atoms with E-state index < -0.39 is 0 Å². The molecule has 0 aromatic heterocycles. The Kier molecular flexibility index (Phi) is 5.45. The van der Waals surface area contributed by atoms with E-state index in [1.807, 2.05) is 0 Å². The van der Waals surface area contributed by atoms with Crippen LogP contribution in [0.25, 0.3) is 0 Å². The third kappa shape index (κ3) is 4.25. The number of hydrogen-bond donors (Lipinski definition) is 2. The van der Waals surface area contributed by atoms with Gasteiger partial charge in [0.25, 0.3) is 0 Å². The van der Waals surface area contributed by atoms with Crippen LogP contribution in [-0.4, -0.2) is 50.1 Å². The van der Waals surface area contributed by atoms with Crippen molar-refractivity contribution in [3.63, 3.8) is 0 Å². The predicted molar refractivity (Wildman–Crippen MR) is 73.5 cm³/mol. The lowest BCUT2D eigenvalue weighted by Crippen LogP contribution is -2.47. The summed E-state index contributed by atoms with van der Waals surface area (Å²) in [5.74, 6) is 1.02. The van der Waals surface area contributed by atoms with Crippen molar-refractivity contribution < 1.29 is 4.79 Å². The summed E-state index contributed by atoms with van der Waals surface area (Å²) in [6, 6.07) is 0.0660. The number of nitrogens with one attached hydrogen (secondary N) is 2. The summed E-state index contributed by atoms with van der Waals surface area (Å²) in [4.78, 5) is 14.3. The third-order valence-corrected chi connectivity index (χ3v) is 4.32. The number of nitrogens with zero attached hydrogens (tertiary/aromatic N) is 1. The van der Waals surface area contributed by atoms with E-state index in [4.69, 9.17) is 0 Å². The van der Waals surface area contributed by atoms with E-state index in [0.29, 0.717) is 0 Å². The number of hydrogen-bond acceptors (Lipinski definition) is 3. The number of carbonyl (C=O) groups excluding carboxylic acids is 1. The van der Waals surface area contributed by atoms with Gasteiger partial charge in [-0.3, -0.25) is 4.79 Å². The van der Waals surface area contributed by atoms with Crippen LogP contribution in [0.5, 0.6) is 0 Å². The van der Waals surface area contributed by atoms with Crippen LogP contribution in [0.4, 0.5) is 0 Å². The van der Waals surface area contributed by atoms with Gasteiger partial charge in [-0.25, -0.2) is 0 Å². The molecule has 2 heterocycles. The van der Waals surface area contributed by atoms with Crippen molar-refractivity contribution in [2.45, 2.75) is 44.6 Å². The Bertz CT molecular complexity index is 256. The van der Waals surface area contributed by atoms with E-state index in [0.717, 1.165) is 31.8 Å². The zero-order valence-corrected chi connectivity index (χ0v) is 11.6. The molecule has 2 fully saturated rings. The summed E-state index contributed by atoms with van der Waals surface area (Å²) < 4.78 is 0. The zero-order valence-electron chi connectivity index (χ0n) is 11.6. The highest BCUT2D eigenvalue weighted by atomic mass is 16.2. The zero-order chi connectivity index (χ0) is 12.8. The van der Waals surface area contributed by atoms with E-state index in [1.54, 1.807) is 0 Å². The van der Waals surface area contributed by atoms with Crippen molar-refractivity contribution in [3.8, 4) is 0 Å². The fourth-order valence-electron chi connectivity index (χ4n) is 2.95. The van der Waals surface area contributed by atoms with Gasteiger partial charge in [-0.2, -0.15) is 0 Å². The molecule has 1 atom stereocenters. The smallest absolute Gasteiger partial charge is 0.237 e. The summed E-state index contributed by atoms with van der Waals surface area (Å²) >= 11 is 0. The van der Waals surface area contributed by atoms with Crippen LogP contribution < -0.4 is 10.6 Å². The topological polar surface area (TPSA) is 44.4 Å². The van der Waals surface area contributed by atoms with Crippen LogP contribution in [0.3, 0.4) is 0 Å². The molecule has 0 aromatic carbocycles. The van der Waals surface area contributed by atoms with Crippen molar-refractivity contribution in [1.82, 2.24) is 15.5 Å². The summed E-state index contributed by atoms with van der Waals surface area (Å²) in [5.41, 5.74) is 0. The molecule has 104 valence electrons. The summed E-state index contributed by atoms with van der Waals surface area (Å²) in [5, 5.41) is 6.39. The highest BCUT2D eigenvalue weighted by Crippen LogP contribution is 2.18. The van der Waals surface area contributed by atoms with Gasteiger partial charge in [0.2, 0.25) is 5.91 Å². The highest BCUT2D eigenvalue weighted by molar-refractivity contribution is 5.81. The normalized spacial score (nSPS) is 27.1. The summed E-state index contributed by atoms with van der Waals surface area (Å²) in [6.45, 7) is 4.27. The molecule has 2 aliphatic heterocycles. The maximum atomic E-state index is 11.9. The molecule has 2 aliphatic rings. The van der Waals surface area contributed by atoms with E-state index in [2.05, 4.69) is 22.6 Å². The minimum atomic E-state index is 0.0660. The van der Waals surface area contributed by atoms with Gasteiger partial charge in [-0.15, -0.1) is 0 Å². The van der Waals surface area contributed by atoms with Crippen molar-refractivity contribution in [2.24, 2.45) is 5.92 Å². The van der Waals surface area contributed by atoms with Gasteiger partial charge in [0, 0.05) is 6.54 Å². The highest BCUT2D eigenvalue weighted by Gasteiger charge is 2.21. The molecule has 4 nitrogen and oxygen atoms in total. The molecule has 4 heteroatoms. The second-order valence-electron chi connectivity index (χ2n) is 5.83. The van der Waals surface area contributed by atoms with Gasteiger partial charge in [0.05, 0.1) is 6.04 Å². The van der Waals surface area contributed by atoms with Crippen LogP contribution in [0.15, 0.2) is 0 Å². The van der Waals surface area contributed by atoms with Gasteiger partial charge in [0.15, 0.2) is 0 Å². The maximum Gasteiger partial charge on any atom is 0.237 e. The third-order valence-electron chi connectivity index (χ3n) is 4.32. The largest absolute Gasteiger partial charge is 0.355 e. The summed E-state index contributed by atoms with van der Waals surface area (Å²) in [6.07, 6.45) is 7.11. The van der Waals surface area contributed by atoms with Crippen molar-refractivity contribution in [1.29, 1.82) is 0 Å². The lowest BCUT2D eigenvalue weighted by atomic mass is 9.94. The molecular weight excluding hydrogens is 226 g/mol. The Balaban J connectivity index is 1.58. The molecular formula is C14H27N3O. The molecule has 0 aromatic rings. The van der Waals surface area contributed by atoms with E-state index in [-0.39, 0.29) is 11.9 Å². The quantitative estimate of drug-likeness (QED) is 0.785. The first-order valence-electron chi connectivity index (χ1n) is 7.45. The number of amides is 1. The number of carbonyl (C=O) groups is 1. The average Bonchev–Trinajstić information content (AvgIpc) is 2.42. The molecule has 0 spiro atoms. The molecule has 2 saturated heterocycles. The minimum absolute atomic E-state index is 0.0660. The van der Waals surface area contributed by atoms with Crippen LogP contribution in [0, 0.1) is 5.92 Å².